The standard InChI is InChI=1S/C10H18N2/c11-8-6-10(7-9-12)4-2-1-3-5-10/h1-8,11H2. The molecule has 68 valence electrons. The molecule has 0 aromatic rings. The molecule has 2 nitrogen and oxygen atoms in total. The van der Waals surface area contributed by atoms with E-state index < -0.39 is 0 Å². The van der Waals surface area contributed by atoms with Crippen molar-refractivity contribution in [1.82, 2.24) is 0 Å². The number of nitriles is 1. The van der Waals surface area contributed by atoms with Crippen molar-refractivity contribution in [3.05, 3.63) is 0 Å². The van der Waals surface area contributed by atoms with Gasteiger partial charge in [0.1, 0.15) is 0 Å². The number of hydrogen-bond donors (Lipinski definition) is 1. The van der Waals surface area contributed by atoms with Crippen LogP contribution in [0, 0.1) is 16.7 Å². The highest BCUT2D eigenvalue weighted by atomic mass is 14.5. The summed E-state index contributed by atoms with van der Waals surface area (Å²) < 4.78 is 0. The second-order valence-electron chi connectivity index (χ2n) is 3.93. The van der Waals surface area contributed by atoms with Crippen LogP contribution in [0.5, 0.6) is 0 Å². The van der Waals surface area contributed by atoms with Crippen molar-refractivity contribution in [1.29, 1.82) is 5.26 Å². The molecule has 2 N–H and O–H groups in total. The Bertz CT molecular complexity index is 158. The highest BCUT2D eigenvalue weighted by molar-refractivity contribution is 4.90. The molecule has 1 aliphatic carbocycles. The maximum absolute atomic E-state index is 8.72. The van der Waals surface area contributed by atoms with Crippen molar-refractivity contribution in [2.24, 2.45) is 11.1 Å². The van der Waals surface area contributed by atoms with Crippen molar-refractivity contribution in [3.8, 4) is 6.07 Å². The first-order valence-corrected chi connectivity index (χ1v) is 4.90. The fourth-order valence-corrected chi connectivity index (χ4v) is 2.29. The molecular weight excluding hydrogens is 148 g/mol. The van der Waals surface area contributed by atoms with Gasteiger partial charge in [0.15, 0.2) is 0 Å². The van der Waals surface area contributed by atoms with Crippen molar-refractivity contribution in [2.45, 2.75) is 44.9 Å². The van der Waals surface area contributed by atoms with E-state index in [0.29, 0.717) is 11.8 Å². The van der Waals surface area contributed by atoms with E-state index in [1.807, 2.05) is 0 Å². The highest BCUT2D eigenvalue weighted by Gasteiger charge is 2.30. The topological polar surface area (TPSA) is 49.8 Å². The summed E-state index contributed by atoms with van der Waals surface area (Å²) in [5.41, 5.74) is 5.86. The second kappa shape index (κ2) is 4.47. The summed E-state index contributed by atoms with van der Waals surface area (Å²) >= 11 is 0. The lowest BCUT2D eigenvalue weighted by atomic mass is 9.70. The van der Waals surface area contributed by atoms with E-state index in [1.165, 1.54) is 32.1 Å². The monoisotopic (exact) mass is 166 g/mol. The Morgan fingerprint density at radius 2 is 1.92 bits per heavy atom. The molecule has 0 aromatic carbocycles. The molecule has 0 bridgehead atoms. The zero-order chi connectivity index (χ0) is 8.86. The van der Waals surface area contributed by atoms with Crippen LogP contribution in [0.25, 0.3) is 0 Å². The van der Waals surface area contributed by atoms with Gasteiger partial charge in [0.25, 0.3) is 0 Å². The third kappa shape index (κ3) is 2.22. The van der Waals surface area contributed by atoms with Crippen LogP contribution < -0.4 is 5.73 Å². The van der Waals surface area contributed by atoms with Crippen LogP contribution >= 0.6 is 0 Å². The normalized spacial score (nSPS) is 21.7. The van der Waals surface area contributed by atoms with E-state index >= 15 is 0 Å². The first-order chi connectivity index (χ1) is 5.83. The van der Waals surface area contributed by atoms with Crippen LogP contribution in [0.1, 0.15) is 44.9 Å². The number of hydrogen-bond acceptors (Lipinski definition) is 2. The predicted octanol–water partition coefficient (Wildman–Crippen LogP) is 2.20. The van der Waals surface area contributed by atoms with Gasteiger partial charge in [-0.25, -0.2) is 0 Å². The lowest BCUT2D eigenvalue weighted by molar-refractivity contribution is 0.181. The Labute approximate surface area is 74.8 Å². The molecule has 2 heteroatoms. The van der Waals surface area contributed by atoms with Gasteiger partial charge in [-0.2, -0.15) is 5.26 Å². The second-order valence-corrected chi connectivity index (χ2v) is 3.93. The molecule has 1 rings (SSSR count). The van der Waals surface area contributed by atoms with Gasteiger partial charge in [0.2, 0.25) is 0 Å². The maximum Gasteiger partial charge on any atom is 0.0627 e. The molecule has 0 spiro atoms. The van der Waals surface area contributed by atoms with Gasteiger partial charge < -0.3 is 5.73 Å². The minimum absolute atomic E-state index is 0.293. The average Bonchev–Trinajstić information content (AvgIpc) is 2.07. The van der Waals surface area contributed by atoms with E-state index in [1.54, 1.807) is 0 Å². The van der Waals surface area contributed by atoms with Gasteiger partial charge in [-0.05, 0) is 31.2 Å². The van der Waals surface area contributed by atoms with Crippen LogP contribution in [0.15, 0.2) is 0 Å². The van der Waals surface area contributed by atoms with E-state index in [9.17, 15) is 0 Å². The molecule has 0 heterocycles. The molecule has 1 aliphatic rings. The number of nitrogens with zero attached hydrogens (tertiary/aromatic N) is 1. The Hall–Kier alpha value is -0.550. The van der Waals surface area contributed by atoms with Crippen LogP contribution in [0.4, 0.5) is 0 Å². The predicted molar refractivity (Wildman–Crippen MR) is 49.4 cm³/mol. The van der Waals surface area contributed by atoms with Gasteiger partial charge in [0.05, 0.1) is 6.07 Å². The van der Waals surface area contributed by atoms with Gasteiger partial charge in [-0.15, -0.1) is 0 Å². The Balaban J connectivity index is 2.51. The summed E-state index contributed by atoms with van der Waals surface area (Å²) in [7, 11) is 0. The zero-order valence-electron chi connectivity index (χ0n) is 7.68. The van der Waals surface area contributed by atoms with Gasteiger partial charge in [-0.1, -0.05) is 19.3 Å². The first-order valence-electron chi connectivity index (χ1n) is 4.90. The molecule has 0 radical (unpaired) electrons. The summed E-state index contributed by atoms with van der Waals surface area (Å²) in [6.07, 6.45) is 8.13. The minimum Gasteiger partial charge on any atom is -0.330 e. The lowest BCUT2D eigenvalue weighted by Crippen LogP contribution is -2.26. The molecular formula is C10H18N2. The molecule has 0 atom stereocenters. The average molecular weight is 166 g/mol. The maximum atomic E-state index is 8.72. The van der Waals surface area contributed by atoms with Gasteiger partial charge in [0, 0.05) is 6.42 Å². The quantitative estimate of drug-likeness (QED) is 0.698. The van der Waals surface area contributed by atoms with Crippen molar-refractivity contribution in [3.63, 3.8) is 0 Å². The third-order valence-corrected chi connectivity index (χ3v) is 3.04. The number of rotatable bonds is 3. The lowest BCUT2D eigenvalue weighted by Gasteiger charge is -2.35. The summed E-state index contributed by atoms with van der Waals surface area (Å²) in [5.74, 6) is 0. The van der Waals surface area contributed by atoms with Crippen LogP contribution in [-0.4, -0.2) is 6.54 Å². The van der Waals surface area contributed by atoms with Crippen molar-refractivity contribution >= 4 is 0 Å². The van der Waals surface area contributed by atoms with Crippen molar-refractivity contribution in [2.75, 3.05) is 6.54 Å². The molecule has 0 unspecified atom stereocenters. The molecule has 0 aliphatic heterocycles. The SMILES string of the molecule is N#CCC1(CCN)CCCCC1. The summed E-state index contributed by atoms with van der Waals surface area (Å²) in [6, 6.07) is 2.31. The Kier molecular flexibility index (Phi) is 3.55. The fourth-order valence-electron chi connectivity index (χ4n) is 2.29. The molecule has 1 fully saturated rings. The summed E-state index contributed by atoms with van der Waals surface area (Å²) in [5, 5.41) is 8.72. The van der Waals surface area contributed by atoms with Crippen LogP contribution in [0.2, 0.25) is 0 Å². The van der Waals surface area contributed by atoms with Crippen molar-refractivity contribution < 1.29 is 0 Å². The van der Waals surface area contributed by atoms with E-state index in [2.05, 4.69) is 6.07 Å². The van der Waals surface area contributed by atoms with E-state index in [4.69, 9.17) is 11.0 Å². The van der Waals surface area contributed by atoms with E-state index in [-0.39, 0.29) is 0 Å². The summed E-state index contributed by atoms with van der Waals surface area (Å²) in [4.78, 5) is 0. The van der Waals surface area contributed by atoms with E-state index in [0.717, 1.165) is 13.0 Å². The number of nitrogens with two attached hydrogens (primary N) is 1. The smallest absolute Gasteiger partial charge is 0.0627 e. The zero-order valence-corrected chi connectivity index (χ0v) is 7.68. The molecule has 0 amide bonds. The highest BCUT2D eigenvalue weighted by Crippen LogP contribution is 2.41. The van der Waals surface area contributed by atoms with Crippen LogP contribution in [-0.2, 0) is 0 Å². The molecule has 1 saturated carbocycles. The minimum atomic E-state index is 0.293. The molecule has 0 aromatic heterocycles. The Morgan fingerprint density at radius 1 is 1.25 bits per heavy atom. The third-order valence-electron chi connectivity index (χ3n) is 3.04. The molecule has 0 saturated heterocycles. The first kappa shape index (κ1) is 9.54. The largest absolute Gasteiger partial charge is 0.330 e. The fraction of sp³-hybridized carbons (Fsp3) is 0.900. The van der Waals surface area contributed by atoms with Crippen LogP contribution in [0.3, 0.4) is 0 Å². The molecule has 12 heavy (non-hydrogen) atoms. The summed E-state index contributed by atoms with van der Waals surface area (Å²) in [6.45, 7) is 0.738. The Morgan fingerprint density at radius 3 is 2.42 bits per heavy atom. The van der Waals surface area contributed by atoms with Gasteiger partial charge >= 0.3 is 0 Å². The van der Waals surface area contributed by atoms with Gasteiger partial charge in [-0.3, -0.25) is 0 Å².